The van der Waals surface area contributed by atoms with Gasteiger partial charge in [-0.25, -0.2) is 0 Å². The molecule has 0 aliphatic carbocycles. The Kier molecular flexibility index (Phi) is 5.02. The molecule has 3 heterocycles. The summed E-state index contributed by atoms with van der Waals surface area (Å²) in [6.45, 7) is 0.0432. The summed E-state index contributed by atoms with van der Waals surface area (Å²) in [6.07, 6.45) is 0.124. The maximum Gasteiger partial charge on any atom is 0.308 e. The van der Waals surface area contributed by atoms with Crippen molar-refractivity contribution in [2.45, 2.75) is 12.3 Å². The van der Waals surface area contributed by atoms with Crippen molar-refractivity contribution in [3.05, 3.63) is 55.5 Å². The van der Waals surface area contributed by atoms with Gasteiger partial charge in [-0.15, -0.1) is 0 Å². The highest BCUT2D eigenvalue weighted by Gasteiger charge is 2.40. The zero-order valence-corrected chi connectivity index (χ0v) is 19.1. The van der Waals surface area contributed by atoms with Crippen LogP contribution in [0.4, 0.5) is 11.5 Å². The van der Waals surface area contributed by atoms with Crippen molar-refractivity contribution in [2.24, 2.45) is 7.05 Å². The number of carbonyl (C=O) groups excluding carboxylic acids is 1. The number of anilines is 2. The second kappa shape index (κ2) is 7.75. The summed E-state index contributed by atoms with van der Waals surface area (Å²) < 4.78 is 23.8. The first-order valence-corrected chi connectivity index (χ1v) is 11.0. The number of carbonyl (C=O) groups is 1. The Morgan fingerprint density at radius 3 is 2.62 bits per heavy atom. The minimum Gasteiger partial charge on any atom is -0.493 e. The van der Waals surface area contributed by atoms with Gasteiger partial charge in [0.1, 0.15) is 5.82 Å². The molecule has 10 heteroatoms. The van der Waals surface area contributed by atoms with E-state index in [0.717, 1.165) is 16.2 Å². The van der Waals surface area contributed by atoms with Crippen LogP contribution in [0.15, 0.2) is 35.1 Å². The monoisotopic (exact) mass is 474 g/mol. The first-order valence-electron chi connectivity index (χ1n) is 9.77. The first kappa shape index (κ1) is 20.7. The summed E-state index contributed by atoms with van der Waals surface area (Å²) in [4.78, 5) is 28.3. The van der Waals surface area contributed by atoms with Crippen LogP contribution < -0.4 is 28.7 Å². The SMILES string of the molecule is COc1cc([C@H]2CC(=O)N(c3cccc(Cl)c3)c3c2sc(=O)n3C)c(OC)c2c1OCO2. The van der Waals surface area contributed by atoms with E-state index in [0.29, 0.717) is 45.1 Å². The number of methoxy groups -OCH3 is 2. The van der Waals surface area contributed by atoms with E-state index < -0.39 is 5.92 Å². The van der Waals surface area contributed by atoms with Gasteiger partial charge in [0.25, 0.3) is 0 Å². The molecule has 0 N–H and O–H groups in total. The third kappa shape index (κ3) is 3.03. The Bertz CT molecular complexity index is 1300. The Morgan fingerprint density at radius 2 is 1.91 bits per heavy atom. The lowest BCUT2D eigenvalue weighted by Crippen LogP contribution is -2.34. The molecular weight excluding hydrogens is 456 g/mol. The number of aromatic nitrogens is 1. The van der Waals surface area contributed by atoms with Crippen molar-refractivity contribution in [1.82, 2.24) is 4.57 Å². The molecule has 2 aliphatic heterocycles. The molecular formula is C22H19ClN2O6S. The van der Waals surface area contributed by atoms with E-state index in [1.54, 1.807) is 42.3 Å². The molecule has 8 nitrogen and oxygen atoms in total. The molecule has 1 aromatic heterocycles. The predicted molar refractivity (Wildman–Crippen MR) is 120 cm³/mol. The van der Waals surface area contributed by atoms with Crippen molar-refractivity contribution in [3.63, 3.8) is 0 Å². The van der Waals surface area contributed by atoms with Gasteiger partial charge in [-0.05, 0) is 24.3 Å². The van der Waals surface area contributed by atoms with Crippen LogP contribution in [0.2, 0.25) is 5.02 Å². The van der Waals surface area contributed by atoms with E-state index in [-0.39, 0.29) is 24.0 Å². The fraction of sp³-hybridized carbons (Fsp3) is 0.273. The summed E-state index contributed by atoms with van der Waals surface area (Å²) >= 11 is 7.28. The van der Waals surface area contributed by atoms with Crippen LogP contribution in [-0.4, -0.2) is 31.5 Å². The van der Waals surface area contributed by atoms with Crippen LogP contribution in [0.1, 0.15) is 22.8 Å². The van der Waals surface area contributed by atoms with Gasteiger partial charge in [0, 0.05) is 30.0 Å². The molecule has 0 radical (unpaired) electrons. The fourth-order valence-corrected chi connectivity index (χ4v) is 5.48. The summed E-state index contributed by atoms with van der Waals surface area (Å²) in [5.74, 6) is 1.74. The minimum atomic E-state index is -0.426. The summed E-state index contributed by atoms with van der Waals surface area (Å²) in [6, 6.07) is 8.79. The van der Waals surface area contributed by atoms with E-state index in [1.807, 2.05) is 0 Å². The van der Waals surface area contributed by atoms with Crippen LogP contribution in [0.25, 0.3) is 0 Å². The van der Waals surface area contributed by atoms with Gasteiger partial charge in [0.15, 0.2) is 11.5 Å². The largest absolute Gasteiger partial charge is 0.493 e. The van der Waals surface area contributed by atoms with Crippen molar-refractivity contribution in [1.29, 1.82) is 0 Å². The van der Waals surface area contributed by atoms with Crippen molar-refractivity contribution < 1.29 is 23.7 Å². The van der Waals surface area contributed by atoms with Crippen LogP contribution in [0.3, 0.4) is 0 Å². The average Bonchev–Trinajstić information content (AvgIpc) is 3.38. The lowest BCUT2D eigenvalue weighted by Gasteiger charge is -2.33. The number of fused-ring (bicyclic) bond motifs is 2. The lowest BCUT2D eigenvalue weighted by molar-refractivity contribution is -0.118. The minimum absolute atomic E-state index is 0.0432. The van der Waals surface area contributed by atoms with Crippen LogP contribution >= 0.6 is 22.9 Å². The molecule has 3 aromatic rings. The van der Waals surface area contributed by atoms with E-state index in [1.165, 1.54) is 18.8 Å². The van der Waals surface area contributed by atoms with Crippen LogP contribution in [-0.2, 0) is 11.8 Å². The van der Waals surface area contributed by atoms with Crippen LogP contribution in [0, 0.1) is 0 Å². The number of halogens is 1. The summed E-state index contributed by atoms with van der Waals surface area (Å²) in [5, 5.41) is 0.501. The molecule has 0 saturated carbocycles. The fourth-order valence-electron chi connectivity index (χ4n) is 4.21. The Balaban J connectivity index is 1.73. The highest BCUT2D eigenvalue weighted by atomic mass is 35.5. The number of rotatable bonds is 4. The Labute approximate surface area is 192 Å². The quantitative estimate of drug-likeness (QED) is 0.567. The maximum atomic E-state index is 13.4. The lowest BCUT2D eigenvalue weighted by atomic mass is 9.89. The summed E-state index contributed by atoms with van der Waals surface area (Å²) in [7, 11) is 4.72. The smallest absolute Gasteiger partial charge is 0.308 e. The molecule has 32 heavy (non-hydrogen) atoms. The highest BCUT2D eigenvalue weighted by molar-refractivity contribution is 7.10. The van der Waals surface area contributed by atoms with Crippen molar-refractivity contribution in [2.75, 3.05) is 25.9 Å². The first-order chi connectivity index (χ1) is 15.4. The molecule has 0 saturated heterocycles. The molecule has 1 atom stereocenters. The normalized spacial score (nSPS) is 16.8. The third-order valence-electron chi connectivity index (χ3n) is 5.62. The van der Waals surface area contributed by atoms with Gasteiger partial charge in [-0.3, -0.25) is 19.1 Å². The van der Waals surface area contributed by atoms with E-state index in [2.05, 4.69) is 0 Å². The zero-order chi connectivity index (χ0) is 22.6. The molecule has 0 bridgehead atoms. The van der Waals surface area contributed by atoms with E-state index in [4.69, 9.17) is 30.5 Å². The molecule has 166 valence electrons. The molecule has 2 aromatic carbocycles. The predicted octanol–water partition coefficient (Wildman–Crippen LogP) is 4.05. The number of benzene rings is 2. The van der Waals surface area contributed by atoms with Crippen molar-refractivity contribution in [3.8, 4) is 23.0 Å². The number of thiazole rings is 1. The van der Waals surface area contributed by atoms with Gasteiger partial charge in [0.2, 0.25) is 24.2 Å². The summed E-state index contributed by atoms with van der Waals surface area (Å²) in [5.41, 5.74) is 1.29. The maximum absolute atomic E-state index is 13.4. The molecule has 0 spiro atoms. The Morgan fingerprint density at radius 1 is 1.12 bits per heavy atom. The number of hydrogen-bond acceptors (Lipinski definition) is 7. The molecule has 5 rings (SSSR count). The standard InChI is InChI=1S/C22H19ClN2O6S/c1-24-21-20(32-22(24)27)14(9-16(26)25(21)12-6-4-5-11(23)7-12)13-8-15(28-2)18-19(17(13)29-3)31-10-30-18/h4-8,14H,9-10H2,1-3H3/t14-/m1/s1. The highest BCUT2D eigenvalue weighted by Crippen LogP contribution is 2.55. The number of nitrogens with zero attached hydrogens (tertiary/aromatic N) is 2. The second-order valence-corrected chi connectivity index (χ2v) is 8.78. The van der Waals surface area contributed by atoms with E-state index in [9.17, 15) is 9.59 Å². The third-order valence-corrected chi connectivity index (χ3v) is 6.99. The zero-order valence-electron chi connectivity index (χ0n) is 17.5. The Hall–Kier alpha value is -3.17. The molecule has 2 aliphatic rings. The molecule has 1 amide bonds. The second-order valence-electron chi connectivity index (χ2n) is 7.35. The van der Waals surface area contributed by atoms with Gasteiger partial charge in [-0.2, -0.15) is 0 Å². The topological polar surface area (TPSA) is 79.2 Å². The van der Waals surface area contributed by atoms with Crippen LogP contribution in [0.5, 0.6) is 23.0 Å². The van der Waals surface area contributed by atoms with Gasteiger partial charge >= 0.3 is 4.87 Å². The number of hydrogen-bond donors (Lipinski definition) is 0. The van der Waals surface area contributed by atoms with Gasteiger partial charge in [0.05, 0.1) is 24.8 Å². The molecule has 0 unspecified atom stereocenters. The van der Waals surface area contributed by atoms with Gasteiger partial charge < -0.3 is 18.9 Å². The van der Waals surface area contributed by atoms with Crippen molar-refractivity contribution >= 4 is 40.4 Å². The van der Waals surface area contributed by atoms with E-state index >= 15 is 0 Å². The number of amides is 1. The average molecular weight is 475 g/mol. The number of ether oxygens (including phenoxy) is 4. The van der Waals surface area contributed by atoms with Gasteiger partial charge in [-0.1, -0.05) is 29.0 Å². The molecule has 0 fully saturated rings.